The summed E-state index contributed by atoms with van der Waals surface area (Å²) in [6, 6.07) is 0. The van der Waals surface area contributed by atoms with E-state index in [2.05, 4.69) is 15.2 Å². The molecule has 6 heteroatoms. The third kappa shape index (κ3) is 3.41. The van der Waals surface area contributed by atoms with Gasteiger partial charge >= 0.3 is 0 Å². The minimum absolute atomic E-state index is 0.231. The topological polar surface area (TPSA) is 74.8 Å². The second-order valence-corrected chi connectivity index (χ2v) is 7.13. The van der Waals surface area contributed by atoms with Gasteiger partial charge in [-0.05, 0) is 12.8 Å². The van der Waals surface area contributed by atoms with E-state index in [1.165, 1.54) is 0 Å². The Balaban J connectivity index is 1.69. The summed E-state index contributed by atoms with van der Waals surface area (Å²) in [6.07, 6.45) is 9.04. The zero-order valence-corrected chi connectivity index (χ0v) is 13.9. The number of piperidine rings is 1. The van der Waals surface area contributed by atoms with E-state index in [-0.39, 0.29) is 11.3 Å². The lowest BCUT2D eigenvalue weighted by atomic mass is 9.90. The number of hydrogen-bond acceptors (Lipinski definition) is 4. The Morgan fingerprint density at radius 1 is 1.22 bits per heavy atom. The van der Waals surface area contributed by atoms with Crippen LogP contribution in [0.2, 0.25) is 0 Å². The molecule has 0 radical (unpaired) electrons. The standard InChI is InChI=1S/C17H23N5O/c1-17(2,3)16(23)22-6-4-12(5-7-22)14-10-18-11-15(21-14)13-8-19-20-9-13/h8-12H,4-7H2,1-3H3,(H,19,20). The van der Waals surface area contributed by atoms with Crippen LogP contribution >= 0.6 is 0 Å². The molecule has 1 N–H and O–H groups in total. The van der Waals surface area contributed by atoms with Crippen molar-refractivity contribution in [1.82, 2.24) is 25.1 Å². The summed E-state index contributed by atoms with van der Waals surface area (Å²) in [7, 11) is 0. The van der Waals surface area contributed by atoms with Crippen LogP contribution in [-0.2, 0) is 4.79 Å². The predicted octanol–water partition coefficient (Wildman–Crippen LogP) is 2.62. The normalized spacial score (nSPS) is 16.6. The fraction of sp³-hybridized carbons (Fsp3) is 0.529. The van der Waals surface area contributed by atoms with Crippen LogP contribution in [0.25, 0.3) is 11.3 Å². The number of aromatic nitrogens is 4. The van der Waals surface area contributed by atoms with E-state index in [1.54, 1.807) is 12.4 Å². The van der Waals surface area contributed by atoms with Crippen molar-refractivity contribution in [2.45, 2.75) is 39.5 Å². The van der Waals surface area contributed by atoms with Gasteiger partial charge in [0.1, 0.15) is 0 Å². The summed E-state index contributed by atoms with van der Waals surface area (Å²) in [5, 5.41) is 6.75. The smallest absolute Gasteiger partial charge is 0.227 e. The zero-order chi connectivity index (χ0) is 16.4. The number of likely N-dealkylation sites (tertiary alicyclic amines) is 1. The molecule has 0 unspecified atom stereocenters. The van der Waals surface area contributed by atoms with E-state index in [9.17, 15) is 4.79 Å². The highest BCUT2D eigenvalue weighted by atomic mass is 16.2. The van der Waals surface area contributed by atoms with Gasteiger partial charge in [0.05, 0.1) is 23.8 Å². The number of amides is 1. The second kappa shape index (κ2) is 6.10. The largest absolute Gasteiger partial charge is 0.342 e. The second-order valence-electron chi connectivity index (χ2n) is 7.13. The molecule has 3 heterocycles. The average molecular weight is 313 g/mol. The van der Waals surface area contributed by atoms with Gasteiger partial charge in [0, 0.05) is 42.4 Å². The van der Waals surface area contributed by atoms with Crippen molar-refractivity contribution in [2.24, 2.45) is 5.41 Å². The van der Waals surface area contributed by atoms with Gasteiger partial charge in [-0.3, -0.25) is 14.9 Å². The number of carbonyl (C=O) groups excluding carboxylic acids is 1. The Morgan fingerprint density at radius 2 is 1.96 bits per heavy atom. The first-order valence-corrected chi connectivity index (χ1v) is 8.05. The molecule has 0 aliphatic carbocycles. The van der Waals surface area contributed by atoms with E-state index in [0.717, 1.165) is 42.9 Å². The van der Waals surface area contributed by atoms with Gasteiger partial charge in [-0.1, -0.05) is 20.8 Å². The van der Waals surface area contributed by atoms with Crippen LogP contribution in [0.3, 0.4) is 0 Å². The van der Waals surface area contributed by atoms with E-state index in [4.69, 9.17) is 4.98 Å². The predicted molar refractivity (Wildman–Crippen MR) is 87.6 cm³/mol. The van der Waals surface area contributed by atoms with Gasteiger partial charge in [0.25, 0.3) is 0 Å². The molecule has 2 aromatic rings. The first kappa shape index (κ1) is 15.6. The highest BCUT2D eigenvalue weighted by Crippen LogP contribution is 2.29. The number of H-pyrrole nitrogens is 1. The SMILES string of the molecule is CC(C)(C)C(=O)N1CCC(c2cncc(-c3cn[nH]c3)n2)CC1. The number of nitrogens with zero attached hydrogens (tertiary/aromatic N) is 4. The number of hydrogen-bond donors (Lipinski definition) is 1. The first-order valence-electron chi connectivity index (χ1n) is 8.05. The highest BCUT2D eigenvalue weighted by Gasteiger charge is 2.31. The minimum atomic E-state index is -0.312. The number of rotatable bonds is 2. The molecule has 1 aliphatic heterocycles. The van der Waals surface area contributed by atoms with E-state index < -0.39 is 0 Å². The van der Waals surface area contributed by atoms with Crippen molar-refractivity contribution < 1.29 is 4.79 Å². The zero-order valence-electron chi connectivity index (χ0n) is 13.9. The molecule has 1 aliphatic rings. The number of aromatic amines is 1. The van der Waals surface area contributed by atoms with Crippen molar-refractivity contribution in [3.05, 3.63) is 30.5 Å². The van der Waals surface area contributed by atoms with E-state index in [0.29, 0.717) is 5.92 Å². The Morgan fingerprint density at radius 3 is 2.57 bits per heavy atom. The molecule has 0 bridgehead atoms. The van der Waals surface area contributed by atoms with Gasteiger partial charge in [-0.2, -0.15) is 5.10 Å². The average Bonchev–Trinajstić information content (AvgIpc) is 3.08. The first-order chi connectivity index (χ1) is 10.9. The molecule has 2 aromatic heterocycles. The minimum Gasteiger partial charge on any atom is -0.342 e. The monoisotopic (exact) mass is 313 g/mol. The summed E-state index contributed by atoms with van der Waals surface area (Å²) < 4.78 is 0. The van der Waals surface area contributed by atoms with Crippen molar-refractivity contribution in [2.75, 3.05) is 13.1 Å². The maximum Gasteiger partial charge on any atom is 0.227 e. The maximum absolute atomic E-state index is 12.4. The Bertz CT molecular complexity index is 667. The summed E-state index contributed by atoms with van der Waals surface area (Å²) >= 11 is 0. The van der Waals surface area contributed by atoms with Crippen molar-refractivity contribution in [3.8, 4) is 11.3 Å². The molecule has 0 atom stereocenters. The lowest BCUT2D eigenvalue weighted by Gasteiger charge is -2.35. The molecule has 0 spiro atoms. The Labute approximate surface area is 136 Å². The Hall–Kier alpha value is -2.24. The van der Waals surface area contributed by atoms with Gasteiger partial charge in [0.15, 0.2) is 0 Å². The van der Waals surface area contributed by atoms with Crippen LogP contribution in [0.5, 0.6) is 0 Å². The van der Waals surface area contributed by atoms with Crippen LogP contribution in [0.4, 0.5) is 0 Å². The number of carbonyl (C=O) groups is 1. The third-order valence-corrected chi connectivity index (χ3v) is 4.29. The fourth-order valence-corrected chi connectivity index (χ4v) is 2.96. The molecular weight excluding hydrogens is 290 g/mol. The molecule has 1 amide bonds. The van der Waals surface area contributed by atoms with Crippen LogP contribution in [-0.4, -0.2) is 44.1 Å². The third-order valence-electron chi connectivity index (χ3n) is 4.29. The lowest BCUT2D eigenvalue weighted by Crippen LogP contribution is -2.43. The van der Waals surface area contributed by atoms with Crippen LogP contribution in [0.1, 0.15) is 45.2 Å². The van der Waals surface area contributed by atoms with Crippen LogP contribution in [0, 0.1) is 5.41 Å². The maximum atomic E-state index is 12.4. The molecule has 0 saturated carbocycles. The molecule has 1 saturated heterocycles. The summed E-state index contributed by atoms with van der Waals surface area (Å²) in [4.78, 5) is 23.4. The Kier molecular flexibility index (Phi) is 4.15. The van der Waals surface area contributed by atoms with Crippen LogP contribution < -0.4 is 0 Å². The molecule has 6 nitrogen and oxygen atoms in total. The van der Waals surface area contributed by atoms with Gasteiger partial charge in [-0.25, -0.2) is 4.98 Å². The highest BCUT2D eigenvalue weighted by molar-refractivity contribution is 5.81. The van der Waals surface area contributed by atoms with Crippen molar-refractivity contribution in [3.63, 3.8) is 0 Å². The molecule has 0 aromatic carbocycles. The summed E-state index contributed by atoms with van der Waals surface area (Å²) in [6.45, 7) is 7.50. The molecule has 3 rings (SSSR count). The van der Waals surface area contributed by atoms with E-state index in [1.807, 2.05) is 38.1 Å². The molecule has 1 fully saturated rings. The molecule has 122 valence electrons. The molecular formula is C17H23N5O. The summed E-state index contributed by atoms with van der Waals surface area (Å²) in [5.41, 5.74) is 2.48. The van der Waals surface area contributed by atoms with E-state index >= 15 is 0 Å². The van der Waals surface area contributed by atoms with Crippen molar-refractivity contribution >= 4 is 5.91 Å². The number of nitrogens with one attached hydrogen (secondary N) is 1. The lowest BCUT2D eigenvalue weighted by molar-refractivity contribution is -0.140. The quantitative estimate of drug-likeness (QED) is 0.925. The van der Waals surface area contributed by atoms with Crippen LogP contribution in [0.15, 0.2) is 24.8 Å². The van der Waals surface area contributed by atoms with Gasteiger partial charge in [-0.15, -0.1) is 0 Å². The van der Waals surface area contributed by atoms with Gasteiger partial charge in [0.2, 0.25) is 5.91 Å². The molecule has 23 heavy (non-hydrogen) atoms. The van der Waals surface area contributed by atoms with Gasteiger partial charge < -0.3 is 4.90 Å². The van der Waals surface area contributed by atoms with Crippen molar-refractivity contribution in [1.29, 1.82) is 0 Å². The fourth-order valence-electron chi connectivity index (χ4n) is 2.96. The summed E-state index contributed by atoms with van der Waals surface area (Å²) in [5.74, 6) is 0.590.